The number of amides is 1. The van der Waals surface area contributed by atoms with Crippen molar-refractivity contribution in [1.29, 1.82) is 0 Å². The van der Waals surface area contributed by atoms with Gasteiger partial charge in [0.05, 0.1) is 11.8 Å². The monoisotopic (exact) mass is 295 g/mol. The molecule has 2 aliphatic rings. The van der Waals surface area contributed by atoms with Crippen LogP contribution < -0.4 is 5.32 Å². The molecule has 0 aromatic carbocycles. The van der Waals surface area contributed by atoms with Crippen molar-refractivity contribution in [1.82, 2.24) is 5.32 Å². The molecule has 0 heterocycles. The zero-order valence-corrected chi connectivity index (χ0v) is 13.0. The Morgan fingerprint density at radius 2 is 1.90 bits per heavy atom. The molecule has 0 aliphatic heterocycles. The minimum Gasteiger partial charge on any atom is -0.481 e. The number of allylic oxidation sites excluding steroid dienone is 2. The van der Waals surface area contributed by atoms with Crippen molar-refractivity contribution >= 4 is 11.9 Å². The van der Waals surface area contributed by atoms with Crippen molar-refractivity contribution in [3.8, 4) is 0 Å². The third kappa shape index (κ3) is 3.46. The second-order valence-electron chi connectivity index (χ2n) is 6.96. The lowest BCUT2D eigenvalue weighted by Crippen LogP contribution is -2.43. The van der Waals surface area contributed by atoms with Crippen LogP contribution in [0.15, 0.2) is 12.2 Å². The molecule has 1 amide bonds. The van der Waals surface area contributed by atoms with Crippen molar-refractivity contribution in [2.24, 2.45) is 29.1 Å². The third-order valence-corrected chi connectivity index (χ3v) is 4.77. The number of hydrogen-bond donors (Lipinski definition) is 2. The highest BCUT2D eigenvalue weighted by Gasteiger charge is 2.51. The van der Waals surface area contributed by atoms with E-state index in [2.05, 4.69) is 19.2 Å². The lowest BCUT2D eigenvalue weighted by molar-refractivity contribution is -0.147. The third-order valence-electron chi connectivity index (χ3n) is 4.77. The first-order chi connectivity index (χ1) is 9.85. The fraction of sp³-hybridized carbons (Fsp3) is 0.750. The van der Waals surface area contributed by atoms with E-state index in [1.807, 2.05) is 12.2 Å². The maximum Gasteiger partial charge on any atom is 0.307 e. The zero-order chi connectivity index (χ0) is 15.6. The summed E-state index contributed by atoms with van der Waals surface area (Å²) < 4.78 is 5.07. The molecule has 4 atom stereocenters. The highest BCUT2D eigenvalue weighted by atomic mass is 16.5. The zero-order valence-electron chi connectivity index (χ0n) is 13.0. The summed E-state index contributed by atoms with van der Waals surface area (Å²) in [5.74, 6) is -1.86. The van der Waals surface area contributed by atoms with E-state index in [0.29, 0.717) is 13.2 Å². The molecule has 2 rings (SSSR count). The molecule has 2 bridgehead atoms. The number of carboxylic acids is 1. The Morgan fingerprint density at radius 1 is 1.29 bits per heavy atom. The molecule has 2 N–H and O–H groups in total. The molecule has 0 aromatic rings. The van der Waals surface area contributed by atoms with E-state index in [1.54, 1.807) is 7.11 Å². The standard InChI is InChI=1S/C16H25NO4/c1-16(2,6-7-21-3)9-17-14(18)12-10-4-5-11(8-10)13(12)15(19)20/h4-5,10-13H,6-9H2,1-3H3,(H,17,18)(H,19,20). The summed E-state index contributed by atoms with van der Waals surface area (Å²) in [6.45, 7) is 5.33. The van der Waals surface area contributed by atoms with Crippen molar-refractivity contribution in [3.05, 3.63) is 12.2 Å². The van der Waals surface area contributed by atoms with E-state index < -0.39 is 17.8 Å². The number of carbonyl (C=O) groups excluding carboxylic acids is 1. The molecule has 1 fully saturated rings. The van der Waals surface area contributed by atoms with Gasteiger partial charge in [0, 0.05) is 20.3 Å². The molecule has 2 aliphatic carbocycles. The average Bonchev–Trinajstić information content (AvgIpc) is 3.03. The SMILES string of the molecule is COCCC(C)(C)CNC(=O)C1C2C=CC(C2)C1C(=O)O. The number of ether oxygens (including phenoxy) is 1. The van der Waals surface area contributed by atoms with Gasteiger partial charge in [0.15, 0.2) is 0 Å². The van der Waals surface area contributed by atoms with Crippen LogP contribution in [0.5, 0.6) is 0 Å². The van der Waals surface area contributed by atoms with Crippen LogP contribution in [0.3, 0.4) is 0 Å². The summed E-state index contributed by atoms with van der Waals surface area (Å²) in [5.41, 5.74) is -0.0577. The molecular formula is C16H25NO4. The summed E-state index contributed by atoms with van der Waals surface area (Å²) in [6, 6.07) is 0. The lowest BCUT2D eigenvalue weighted by atomic mass is 9.82. The van der Waals surface area contributed by atoms with Crippen LogP contribution >= 0.6 is 0 Å². The number of rotatable bonds is 7. The Hall–Kier alpha value is -1.36. The summed E-state index contributed by atoms with van der Waals surface area (Å²) in [7, 11) is 1.66. The summed E-state index contributed by atoms with van der Waals surface area (Å²) >= 11 is 0. The minimum absolute atomic E-state index is 0.0183. The van der Waals surface area contributed by atoms with Gasteiger partial charge >= 0.3 is 5.97 Å². The Morgan fingerprint density at radius 3 is 2.48 bits per heavy atom. The van der Waals surface area contributed by atoms with E-state index in [0.717, 1.165) is 12.8 Å². The fourth-order valence-electron chi connectivity index (χ4n) is 3.43. The van der Waals surface area contributed by atoms with Gasteiger partial charge in [-0.05, 0) is 30.1 Å². The maximum absolute atomic E-state index is 12.4. The molecule has 0 aromatic heterocycles. The van der Waals surface area contributed by atoms with Gasteiger partial charge in [-0.1, -0.05) is 26.0 Å². The van der Waals surface area contributed by atoms with Crippen LogP contribution in [-0.4, -0.2) is 37.2 Å². The first kappa shape index (κ1) is 16.0. The predicted molar refractivity (Wildman–Crippen MR) is 78.6 cm³/mol. The lowest BCUT2D eigenvalue weighted by Gasteiger charge is -2.28. The second kappa shape index (κ2) is 6.18. The fourth-order valence-corrected chi connectivity index (χ4v) is 3.43. The summed E-state index contributed by atoms with van der Waals surface area (Å²) in [4.78, 5) is 23.8. The van der Waals surface area contributed by atoms with Crippen LogP contribution in [-0.2, 0) is 14.3 Å². The molecule has 5 nitrogen and oxygen atoms in total. The van der Waals surface area contributed by atoms with Crippen LogP contribution in [0.25, 0.3) is 0 Å². The van der Waals surface area contributed by atoms with Crippen molar-refractivity contribution in [2.75, 3.05) is 20.3 Å². The van der Waals surface area contributed by atoms with Gasteiger partial charge < -0.3 is 15.2 Å². The normalized spacial score (nSPS) is 30.6. The van der Waals surface area contributed by atoms with Crippen LogP contribution in [0.1, 0.15) is 26.7 Å². The Bertz CT molecular complexity index is 444. The highest BCUT2D eigenvalue weighted by Crippen LogP contribution is 2.48. The molecule has 4 unspecified atom stereocenters. The maximum atomic E-state index is 12.4. The molecule has 0 saturated heterocycles. The van der Waals surface area contributed by atoms with Crippen molar-refractivity contribution < 1.29 is 19.4 Å². The molecule has 5 heteroatoms. The average molecular weight is 295 g/mol. The predicted octanol–water partition coefficient (Wildman–Crippen LogP) is 1.69. The Labute approximate surface area is 125 Å². The minimum atomic E-state index is -0.856. The molecule has 0 spiro atoms. The Kier molecular flexibility index (Phi) is 4.71. The molecule has 0 radical (unpaired) electrons. The first-order valence-corrected chi connectivity index (χ1v) is 7.53. The highest BCUT2D eigenvalue weighted by molar-refractivity contribution is 5.86. The van der Waals surface area contributed by atoms with E-state index in [-0.39, 0.29) is 23.2 Å². The number of carboxylic acid groups (broad SMARTS) is 1. The Balaban J connectivity index is 1.94. The molecule has 1 saturated carbocycles. The number of carbonyl (C=O) groups is 2. The van der Waals surface area contributed by atoms with Gasteiger partial charge in [-0.15, -0.1) is 0 Å². The van der Waals surface area contributed by atoms with Gasteiger partial charge in [-0.25, -0.2) is 0 Å². The molecule has 118 valence electrons. The largest absolute Gasteiger partial charge is 0.481 e. The van der Waals surface area contributed by atoms with E-state index >= 15 is 0 Å². The van der Waals surface area contributed by atoms with Crippen LogP contribution in [0.2, 0.25) is 0 Å². The smallest absolute Gasteiger partial charge is 0.307 e. The van der Waals surface area contributed by atoms with Gasteiger partial charge in [-0.2, -0.15) is 0 Å². The summed E-state index contributed by atoms with van der Waals surface area (Å²) in [6.07, 6.45) is 5.60. The van der Waals surface area contributed by atoms with Crippen LogP contribution in [0, 0.1) is 29.1 Å². The number of nitrogens with one attached hydrogen (secondary N) is 1. The van der Waals surface area contributed by atoms with E-state index in [1.165, 1.54) is 0 Å². The quantitative estimate of drug-likeness (QED) is 0.701. The number of aliphatic carboxylic acids is 1. The topological polar surface area (TPSA) is 75.6 Å². The number of methoxy groups -OCH3 is 1. The second-order valence-corrected chi connectivity index (χ2v) is 6.96. The van der Waals surface area contributed by atoms with Gasteiger partial charge in [0.25, 0.3) is 0 Å². The van der Waals surface area contributed by atoms with Gasteiger partial charge in [-0.3, -0.25) is 9.59 Å². The van der Waals surface area contributed by atoms with Crippen molar-refractivity contribution in [3.63, 3.8) is 0 Å². The summed E-state index contributed by atoms with van der Waals surface area (Å²) in [5, 5.41) is 12.3. The van der Waals surface area contributed by atoms with Gasteiger partial charge in [0.2, 0.25) is 5.91 Å². The van der Waals surface area contributed by atoms with E-state index in [4.69, 9.17) is 4.74 Å². The number of fused-ring (bicyclic) bond motifs is 2. The van der Waals surface area contributed by atoms with Crippen molar-refractivity contribution in [2.45, 2.75) is 26.7 Å². The van der Waals surface area contributed by atoms with Crippen LogP contribution in [0.4, 0.5) is 0 Å². The molecule has 21 heavy (non-hydrogen) atoms. The number of hydrogen-bond acceptors (Lipinski definition) is 3. The first-order valence-electron chi connectivity index (χ1n) is 7.53. The van der Waals surface area contributed by atoms with Gasteiger partial charge in [0.1, 0.15) is 0 Å². The molecular weight excluding hydrogens is 270 g/mol. The van der Waals surface area contributed by atoms with E-state index in [9.17, 15) is 14.7 Å².